The number of hydrogen-bond acceptors (Lipinski definition) is 4. The number of anilines is 1. The monoisotopic (exact) mass is 334 g/mol. The number of halogens is 2. The Hall–Kier alpha value is -2.77. The number of H-pyrrole nitrogens is 1. The van der Waals surface area contributed by atoms with Gasteiger partial charge in [-0.15, -0.1) is 0 Å². The molecule has 0 bridgehead atoms. The lowest BCUT2D eigenvalue weighted by molar-refractivity contribution is 0.0928. The summed E-state index contributed by atoms with van der Waals surface area (Å²) in [7, 11) is 0. The molecule has 1 amide bonds. The van der Waals surface area contributed by atoms with Crippen LogP contribution >= 0.6 is 0 Å². The van der Waals surface area contributed by atoms with E-state index in [1.165, 1.54) is 12.4 Å². The third-order valence-electron chi connectivity index (χ3n) is 3.92. The molecular weight excluding hydrogens is 318 g/mol. The highest BCUT2D eigenvalue weighted by atomic mass is 19.1. The minimum absolute atomic E-state index is 0.282. The highest BCUT2D eigenvalue weighted by Crippen LogP contribution is 2.16. The minimum atomic E-state index is -0.775. The third-order valence-corrected chi connectivity index (χ3v) is 3.92. The molecule has 1 fully saturated rings. The van der Waals surface area contributed by atoms with Crippen molar-refractivity contribution >= 4 is 11.7 Å². The largest absolute Gasteiger partial charge is 0.350 e. The van der Waals surface area contributed by atoms with Crippen LogP contribution in [0.2, 0.25) is 0 Å². The van der Waals surface area contributed by atoms with Crippen LogP contribution in [0.3, 0.4) is 0 Å². The Labute approximate surface area is 136 Å². The fraction of sp³-hybridized carbons (Fsp3) is 0.312. The fourth-order valence-corrected chi connectivity index (χ4v) is 2.79. The molecule has 3 rings (SSSR count). The van der Waals surface area contributed by atoms with E-state index in [2.05, 4.69) is 15.3 Å². The Balaban J connectivity index is 1.71. The average Bonchev–Trinajstić information content (AvgIpc) is 2.57. The zero-order valence-corrected chi connectivity index (χ0v) is 12.8. The first-order valence-electron chi connectivity index (χ1n) is 7.59. The SMILES string of the molecule is O=C(N[C@H]1CCCN(c2ncc[nH]c2=O)C1)c1cc(F)ccc1F. The van der Waals surface area contributed by atoms with E-state index in [4.69, 9.17) is 0 Å². The average molecular weight is 334 g/mol. The van der Waals surface area contributed by atoms with Crippen molar-refractivity contribution in [3.05, 3.63) is 58.1 Å². The van der Waals surface area contributed by atoms with E-state index in [-0.39, 0.29) is 23.0 Å². The summed E-state index contributed by atoms with van der Waals surface area (Å²) in [6.45, 7) is 1.02. The van der Waals surface area contributed by atoms with E-state index in [9.17, 15) is 18.4 Å². The molecule has 126 valence electrons. The summed E-state index contributed by atoms with van der Waals surface area (Å²) in [5.41, 5.74) is -0.636. The first-order valence-corrected chi connectivity index (χ1v) is 7.59. The van der Waals surface area contributed by atoms with Crippen LogP contribution in [0.1, 0.15) is 23.2 Å². The van der Waals surface area contributed by atoms with Gasteiger partial charge in [-0.05, 0) is 31.0 Å². The van der Waals surface area contributed by atoms with Crippen molar-refractivity contribution in [3.63, 3.8) is 0 Å². The Morgan fingerprint density at radius 3 is 3.00 bits per heavy atom. The molecule has 24 heavy (non-hydrogen) atoms. The van der Waals surface area contributed by atoms with Crippen molar-refractivity contribution < 1.29 is 13.6 Å². The van der Waals surface area contributed by atoms with Gasteiger partial charge in [0.05, 0.1) is 5.56 Å². The van der Waals surface area contributed by atoms with Crippen molar-refractivity contribution in [1.82, 2.24) is 15.3 Å². The molecule has 6 nitrogen and oxygen atoms in total. The van der Waals surface area contributed by atoms with Crippen molar-refractivity contribution in [1.29, 1.82) is 0 Å². The number of benzene rings is 1. The second kappa shape index (κ2) is 6.77. The molecule has 2 heterocycles. The van der Waals surface area contributed by atoms with Crippen LogP contribution in [-0.2, 0) is 0 Å². The molecule has 2 aromatic rings. The Kier molecular flexibility index (Phi) is 4.54. The van der Waals surface area contributed by atoms with Crippen LogP contribution in [0, 0.1) is 11.6 Å². The number of carbonyl (C=O) groups excluding carboxylic acids is 1. The van der Waals surface area contributed by atoms with Crippen LogP contribution < -0.4 is 15.8 Å². The van der Waals surface area contributed by atoms with Gasteiger partial charge in [0.15, 0.2) is 5.82 Å². The molecule has 1 atom stereocenters. The summed E-state index contributed by atoms with van der Waals surface area (Å²) in [5.74, 6) is -1.84. The van der Waals surface area contributed by atoms with E-state index in [0.29, 0.717) is 19.5 Å². The van der Waals surface area contributed by atoms with Crippen molar-refractivity contribution in [2.75, 3.05) is 18.0 Å². The van der Waals surface area contributed by atoms with Crippen molar-refractivity contribution in [3.8, 4) is 0 Å². The van der Waals surface area contributed by atoms with Gasteiger partial charge >= 0.3 is 0 Å². The number of carbonyl (C=O) groups is 1. The number of nitrogens with zero attached hydrogens (tertiary/aromatic N) is 2. The van der Waals surface area contributed by atoms with Gasteiger partial charge in [-0.25, -0.2) is 13.8 Å². The summed E-state index contributed by atoms with van der Waals surface area (Å²) >= 11 is 0. The molecule has 0 spiro atoms. The highest BCUT2D eigenvalue weighted by molar-refractivity contribution is 5.94. The molecule has 8 heteroatoms. The summed E-state index contributed by atoms with van der Waals surface area (Å²) in [6.07, 6.45) is 4.36. The standard InChI is InChI=1S/C16H16F2N4O2/c17-10-3-4-13(18)12(8-10)15(23)21-11-2-1-7-22(9-11)14-16(24)20-6-5-19-14/h3-6,8,11H,1-2,7,9H2,(H,20,24)(H,21,23)/t11-/m0/s1. The Morgan fingerprint density at radius 2 is 2.21 bits per heavy atom. The van der Waals surface area contributed by atoms with Gasteiger partial charge in [-0.3, -0.25) is 9.59 Å². The third kappa shape index (κ3) is 3.42. The summed E-state index contributed by atoms with van der Waals surface area (Å²) in [5, 5.41) is 2.70. The lowest BCUT2D eigenvalue weighted by Gasteiger charge is -2.33. The van der Waals surface area contributed by atoms with E-state index < -0.39 is 17.5 Å². The molecule has 1 aromatic carbocycles. The predicted molar refractivity (Wildman–Crippen MR) is 83.9 cm³/mol. The molecule has 1 saturated heterocycles. The van der Waals surface area contributed by atoms with Crippen LogP contribution in [-0.4, -0.2) is 35.0 Å². The van der Waals surface area contributed by atoms with Crippen LogP contribution in [0.15, 0.2) is 35.4 Å². The smallest absolute Gasteiger partial charge is 0.290 e. The van der Waals surface area contributed by atoms with Crippen LogP contribution in [0.4, 0.5) is 14.6 Å². The molecule has 1 aromatic heterocycles. The number of piperidine rings is 1. The predicted octanol–water partition coefficient (Wildman–Crippen LogP) is 1.45. The highest BCUT2D eigenvalue weighted by Gasteiger charge is 2.25. The first-order chi connectivity index (χ1) is 11.5. The maximum atomic E-state index is 13.7. The van der Waals surface area contributed by atoms with E-state index >= 15 is 0 Å². The summed E-state index contributed by atoms with van der Waals surface area (Å²) in [4.78, 5) is 32.4. The zero-order valence-electron chi connectivity index (χ0n) is 12.8. The minimum Gasteiger partial charge on any atom is -0.350 e. The molecule has 0 aliphatic carbocycles. The summed E-state index contributed by atoms with van der Waals surface area (Å²) in [6, 6.07) is 2.47. The van der Waals surface area contributed by atoms with Gasteiger partial charge in [0.1, 0.15) is 11.6 Å². The van der Waals surface area contributed by atoms with E-state index in [1.54, 1.807) is 4.90 Å². The fourth-order valence-electron chi connectivity index (χ4n) is 2.79. The molecule has 1 aliphatic heterocycles. The molecule has 0 radical (unpaired) electrons. The summed E-state index contributed by atoms with van der Waals surface area (Å²) < 4.78 is 26.9. The van der Waals surface area contributed by atoms with Gasteiger partial charge in [0.2, 0.25) is 0 Å². The molecule has 0 unspecified atom stereocenters. The number of aromatic amines is 1. The topological polar surface area (TPSA) is 78.1 Å². The number of nitrogens with one attached hydrogen (secondary N) is 2. The maximum Gasteiger partial charge on any atom is 0.290 e. The van der Waals surface area contributed by atoms with Crippen LogP contribution in [0.5, 0.6) is 0 Å². The zero-order chi connectivity index (χ0) is 17.1. The Bertz CT molecular complexity index is 809. The normalized spacial score (nSPS) is 17.6. The molecule has 0 saturated carbocycles. The van der Waals surface area contributed by atoms with Gasteiger partial charge in [0, 0.05) is 31.5 Å². The van der Waals surface area contributed by atoms with Gasteiger partial charge in [0.25, 0.3) is 11.5 Å². The second-order valence-electron chi connectivity index (χ2n) is 5.62. The lowest BCUT2D eigenvalue weighted by Crippen LogP contribution is -2.49. The Morgan fingerprint density at radius 1 is 1.38 bits per heavy atom. The molecular formula is C16H16F2N4O2. The van der Waals surface area contributed by atoms with E-state index in [0.717, 1.165) is 24.6 Å². The number of rotatable bonds is 3. The van der Waals surface area contributed by atoms with Crippen LogP contribution in [0.25, 0.3) is 0 Å². The van der Waals surface area contributed by atoms with Gasteiger partial charge in [-0.2, -0.15) is 0 Å². The lowest BCUT2D eigenvalue weighted by atomic mass is 10.0. The first kappa shape index (κ1) is 16.1. The number of aromatic nitrogens is 2. The van der Waals surface area contributed by atoms with Gasteiger partial charge in [-0.1, -0.05) is 0 Å². The quantitative estimate of drug-likeness (QED) is 0.890. The van der Waals surface area contributed by atoms with Gasteiger partial charge < -0.3 is 15.2 Å². The number of hydrogen-bond donors (Lipinski definition) is 2. The van der Waals surface area contributed by atoms with E-state index in [1.807, 2.05) is 0 Å². The second-order valence-corrected chi connectivity index (χ2v) is 5.62. The maximum absolute atomic E-state index is 13.7. The molecule has 1 aliphatic rings. The number of amides is 1. The van der Waals surface area contributed by atoms with Crippen molar-refractivity contribution in [2.24, 2.45) is 0 Å². The van der Waals surface area contributed by atoms with Crippen molar-refractivity contribution in [2.45, 2.75) is 18.9 Å². The molecule has 2 N–H and O–H groups in total.